The zero-order valence-electron chi connectivity index (χ0n) is 14.2. The maximum atomic E-state index is 14.1. The number of piperidine rings is 1. The number of carbonyl (C=O) groups excluding carboxylic acids is 1. The predicted molar refractivity (Wildman–Crippen MR) is 93.3 cm³/mol. The zero-order valence-corrected chi connectivity index (χ0v) is 14.2. The van der Waals surface area contributed by atoms with E-state index in [4.69, 9.17) is 0 Å². The Kier molecular flexibility index (Phi) is 3.48. The van der Waals surface area contributed by atoms with Crippen molar-refractivity contribution in [3.05, 3.63) is 59.4 Å². The third-order valence-corrected chi connectivity index (χ3v) is 6.05. The number of likely N-dealkylation sites (tertiary alicyclic amines) is 1. The summed E-state index contributed by atoms with van der Waals surface area (Å²) >= 11 is 0. The highest BCUT2D eigenvalue weighted by molar-refractivity contribution is 5.78. The second-order valence-electron chi connectivity index (χ2n) is 7.33. The Hall–Kier alpha value is -2.16. The van der Waals surface area contributed by atoms with Crippen LogP contribution in [-0.2, 0) is 16.6 Å². The molecule has 0 N–H and O–H groups in total. The van der Waals surface area contributed by atoms with E-state index in [1.807, 2.05) is 30.1 Å². The molecule has 0 spiro atoms. The molecule has 1 fully saturated rings. The summed E-state index contributed by atoms with van der Waals surface area (Å²) in [4.78, 5) is 14.0. The van der Waals surface area contributed by atoms with Crippen molar-refractivity contribution in [1.29, 1.82) is 0 Å². The number of hydrogen-bond acceptors (Lipinski definition) is 1. The molecular formula is C21H22FNO. The molecule has 0 aromatic heterocycles. The molecule has 1 heterocycles. The molecule has 0 saturated carbocycles. The van der Waals surface area contributed by atoms with Gasteiger partial charge in [-0.15, -0.1) is 0 Å². The molecule has 1 amide bonds. The lowest BCUT2D eigenvalue weighted by molar-refractivity contribution is -0.138. The van der Waals surface area contributed by atoms with Crippen LogP contribution in [0, 0.1) is 5.82 Å². The summed E-state index contributed by atoms with van der Waals surface area (Å²) in [6.45, 7) is 2.28. The minimum atomic E-state index is -0.180. The van der Waals surface area contributed by atoms with E-state index >= 15 is 0 Å². The standard InChI is InChI=1S/C21H22FNO/c1-21-12-11-20(24)23(2)19(21)10-8-15-13-14(7-9-17(15)21)16-5-3-4-6-18(16)22/h3-7,9,13,19H,8,10-12H2,1-2H3/t19?,21-/m1/s1. The topological polar surface area (TPSA) is 20.3 Å². The number of nitrogens with zero attached hydrogens (tertiary/aromatic N) is 1. The van der Waals surface area contributed by atoms with Gasteiger partial charge >= 0.3 is 0 Å². The van der Waals surface area contributed by atoms with Crippen LogP contribution >= 0.6 is 0 Å². The smallest absolute Gasteiger partial charge is 0.222 e. The van der Waals surface area contributed by atoms with Gasteiger partial charge in [-0.25, -0.2) is 4.39 Å². The number of carbonyl (C=O) groups is 1. The van der Waals surface area contributed by atoms with E-state index in [1.165, 1.54) is 17.2 Å². The summed E-state index contributed by atoms with van der Waals surface area (Å²) in [5.74, 6) is 0.0734. The van der Waals surface area contributed by atoms with Crippen molar-refractivity contribution in [3.63, 3.8) is 0 Å². The molecule has 3 heteroatoms. The average Bonchev–Trinajstić information content (AvgIpc) is 2.59. The van der Waals surface area contributed by atoms with Crippen molar-refractivity contribution >= 4 is 5.91 Å². The first-order chi connectivity index (χ1) is 11.5. The van der Waals surface area contributed by atoms with E-state index in [-0.39, 0.29) is 23.2 Å². The molecule has 1 aliphatic carbocycles. The number of likely N-dealkylation sites (N-methyl/N-ethyl adjacent to an activating group) is 1. The van der Waals surface area contributed by atoms with Crippen molar-refractivity contribution in [3.8, 4) is 11.1 Å². The van der Waals surface area contributed by atoms with E-state index in [1.54, 1.807) is 6.07 Å². The van der Waals surface area contributed by atoms with Crippen LogP contribution in [0.4, 0.5) is 4.39 Å². The normalized spacial score (nSPS) is 26.0. The summed E-state index contributed by atoms with van der Waals surface area (Å²) in [6, 6.07) is 13.5. The van der Waals surface area contributed by atoms with Crippen LogP contribution in [0.15, 0.2) is 42.5 Å². The van der Waals surface area contributed by atoms with Crippen molar-refractivity contribution < 1.29 is 9.18 Å². The van der Waals surface area contributed by atoms with Crippen molar-refractivity contribution in [1.82, 2.24) is 4.90 Å². The number of rotatable bonds is 1. The highest BCUT2D eigenvalue weighted by Crippen LogP contribution is 2.46. The van der Waals surface area contributed by atoms with Gasteiger partial charge in [0.1, 0.15) is 5.82 Å². The van der Waals surface area contributed by atoms with Gasteiger partial charge in [0.05, 0.1) is 0 Å². The van der Waals surface area contributed by atoms with E-state index < -0.39 is 0 Å². The minimum Gasteiger partial charge on any atom is -0.342 e. The third kappa shape index (κ3) is 2.18. The van der Waals surface area contributed by atoms with Gasteiger partial charge in [-0.2, -0.15) is 0 Å². The van der Waals surface area contributed by atoms with Crippen LogP contribution in [-0.4, -0.2) is 23.9 Å². The first-order valence-corrected chi connectivity index (χ1v) is 8.65. The summed E-state index contributed by atoms with van der Waals surface area (Å²) < 4.78 is 14.1. The van der Waals surface area contributed by atoms with Gasteiger partial charge in [-0.1, -0.05) is 43.3 Å². The summed E-state index contributed by atoms with van der Waals surface area (Å²) in [7, 11) is 1.93. The SMILES string of the molecule is CN1C(=O)CC[C@]2(C)c3ccc(-c4ccccc4F)cc3CCC12. The molecule has 2 aromatic carbocycles. The largest absolute Gasteiger partial charge is 0.342 e. The Bertz CT molecular complexity index is 815. The second kappa shape index (κ2) is 5.44. The lowest BCUT2D eigenvalue weighted by Gasteiger charge is -2.50. The van der Waals surface area contributed by atoms with Gasteiger partial charge in [0.2, 0.25) is 5.91 Å². The quantitative estimate of drug-likeness (QED) is 0.765. The van der Waals surface area contributed by atoms with Crippen LogP contribution in [0.2, 0.25) is 0 Å². The predicted octanol–water partition coefficient (Wildman–Crippen LogP) is 4.32. The van der Waals surface area contributed by atoms with Gasteiger partial charge < -0.3 is 4.90 Å². The fourth-order valence-electron chi connectivity index (χ4n) is 4.65. The van der Waals surface area contributed by atoms with Crippen molar-refractivity contribution in [2.45, 2.75) is 44.1 Å². The lowest BCUT2D eigenvalue weighted by Crippen LogP contribution is -2.56. The first-order valence-electron chi connectivity index (χ1n) is 8.65. The molecule has 1 saturated heterocycles. The molecule has 2 aliphatic rings. The zero-order chi connectivity index (χ0) is 16.9. The van der Waals surface area contributed by atoms with Crippen LogP contribution < -0.4 is 0 Å². The Morgan fingerprint density at radius 1 is 1.17 bits per heavy atom. The van der Waals surface area contributed by atoms with E-state index in [0.717, 1.165) is 24.8 Å². The molecule has 4 rings (SSSR count). The summed E-state index contributed by atoms with van der Waals surface area (Å²) in [5.41, 5.74) is 4.23. The van der Waals surface area contributed by atoms with E-state index in [2.05, 4.69) is 19.1 Å². The average molecular weight is 323 g/mol. The van der Waals surface area contributed by atoms with Gasteiger partial charge in [0, 0.05) is 30.5 Å². The van der Waals surface area contributed by atoms with Crippen LogP contribution in [0.5, 0.6) is 0 Å². The Morgan fingerprint density at radius 2 is 1.96 bits per heavy atom. The van der Waals surface area contributed by atoms with E-state index in [9.17, 15) is 9.18 Å². The maximum absolute atomic E-state index is 14.1. The molecule has 124 valence electrons. The van der Waals surface area contributed by atoms with E-state index in [0.29, 0.717) is 12.0 Å². The number of benzene rings is 2. The van der Waals surface area contributed by atoms with Crippen LogP contribution in [0.1, 0.15) is 37.3 Å². The van der Waals surface area contributed by atoms with Gasteiger partial charge in [0.25, 0.3) is 0 Å². The monoisotopic (exact) mass is 323 g/mol. The Balaban J connectivity index is 1.78. The fraction of sp³-hybridized carbons (Fsp3) is 0.381. The second-order valence-corrected chi connectivity index (χ2v) is 7.33. The maximum Gasteiger partial charge on any atom is 0.222 e. The lowest BCUT2D eigenvalue weighted by atomic mass is 9.63. The summed E-state index contributed by atoms with van der Waals surface area (Å²) in [5, 5.41) is 0. The first kappa shape index (κ1) is 15.4. The molecule has 1 unspecified atom stereocenters. The van der Waals surface area contributed by atoms with Gasteiger partial charge in [-0.05, 0) is 42.0 Å². The number of fused-ring (bicyclic) bond motifs is 3. The molecule has 2 nitrogen and oxygen atoms in total. The van der Waals surface area contributed by atoms with Gasteiger partial charge in [-0.3, -0.25) is 4.79 Å². The molecule has 0 bridgehead atoms. The highest BCUT2D eigenvalue weighted by Gasteiger charge is 2.46. The van der Waals surface area contributed by atoms with Crippen LogP contribution in [0.3, 0.4) is 0 Å². The number of halogens is 1. The molecular weight excluding hydrogens is 301 g/mol. The molecule has 1 aliphatic heterocycles. The molecule has 2 aromatic rings. The van der Waals surface area contributed by atoms with Crippen molar-refractivity contribution in [2.75, 3.05) is 7.05 Å². The number of aryl methyl sites for hydroxylation is 1. The molecule has 24 heavy (non-hydrogen) atoms. The van der Waals surface area contributed by atoms with Crippen molar-refractivity contribution in [2.24, 2.45) is 0 Å². The molecule has 2 atom stereocenters. The Morgan fingerprint density at radius 3 is 2.75 bits per heavy atom. The molecule has 0 radical (unpaired) electrons. The fourth-order valence-corrected chi connectivity index (χ4v) is 4.65. The van der Waals surface area contributed by atoms with Gasteiger partial charge in [0.15, 0.2) is 0 Å². The Labute approximate surface area is 142 Å². The number of amides is 1. The third-order valence-electron chi connectivity index (χ3n) is 6.05. The van der Waals surface area contributed by atoms with Crippen LogP contribution in [0.25, 0.3) is 11.1 Å². The highest BCUT2D eigenvalue weighted by atomic mass is 19.1. The number of hydrogen-bond donors (Lipinski definition) is 0. The summed E-state index contributed by atoms with van der Waals surface area (Å²) in [6.07, 6.45) is 3.42. The minimum absolute atomic E-state index is 0.00397.